The number of nitrogens with one attached hydrogen (secondary N) is 1. The Kier molecular flexibility index (Phi) is 1.79. The molecule has 0 bridgehead atoms. The molecule has 1 amide bonds. The zero-order chi connectivity index (χ0) is 7.72. The second-order valence-electron chi connectivity index (χ2n) is 3.15. The largest absolute Gasteiger partial charge is 0.330 e. The molecule has 0 aromatic carbocycles. The van der Waals surface area contributed by atoms with E-state index in [1.54, 1.807) is 0 Å². The second kappa shape index (κ2) is 2.45. The fourth-order valence-electron chi connectivity index (χ4n) is 1.21. The predicted octanol–water partition coefficient (Wildman–Crippen LogP) is 1.29. The molecule has 2 nitrogen and oxygen atoms in total. The third kappa shape index (κ3) is 1.20. The van der Waals surface area contributed by atoms with E-state index in [0.29, 0.717) is 5.92 Å². The Morgan fingerprint density at radius 1 is 1.70 bits per heavy atom. The lowest BCUT2D eigenvalue weighted by Crippen LogP contribution is -2.21. The smallest absolute Gasteiger partial charge is 0.227 e. The lowest BCUT2D eigenvalue weighted by Gasteiger charge is -2.08. The van der Waals surface area contributed by atoms with Crippen molar-refractivity contribution < 1.29 is 4.79 Å². The molecule has 56 valence electrons. The number of hydrogen-bond acceptors (Lipinski definition) is 1. The molecule has 0 spiro atoms. The molecule has 0 aliphatic carbocycles. The molecule has 1 heterocycles. The summed E-state index contributed by atoms with van der Waals surface area (Å²) < 4.78 is 0. The Bertz CT molecular complexity index is 172. The van der Waals surface area contributed by atoms with E-state index >= 15 is 0 Å². The van der Waals surface area contributed by atoms with Crippen LogP contribution in [0.1, 0.15) is 20.3 Å². The van der Waals surface area contributed by atoms with Crippen molar-refractivity contribution in [2.45, 2.75) is 20.3 Å². The third-order valence-electron chi connectivity index (χ3n) is 1.91. The Balaban J connectivity index is 2.63. The van der Waals surface area contributed by atoms with E-state index in [0.717, 1.165) is 12.1 Å². The molecule has 1 unspecified atom stereocenters. The number of carbonyl (C=O) groups is 1. The first kappa shape index (κ1) is 7.32. The highest BCUT2D eigenvalue weighted by Gasteiger charge is 2.28. The van der Waals surface area contributed by atoms with Gasteiger partial charge in [-0.2, -0.15) is 0 Å². The molecular formula is C8H13NO. The second-order valence-corrected chi connectivity index (χ2v) is 3.15. The van der Waals surface area contributed by atoms with Crippen LogP contribution in [0.15, 0.2) is 12.3 Å². The number of carbonyl (C=O) groups excluding carboxylic acids is 1. The van der Waals surface area contributed by atoms with Gasteiger partial charge in [-0.25, -0.2) is 0 Å². The van der Waals surface area contributed by atoms with Crippen LogP contribution in [0.25, 0.3) is 0 Å². The van der Waals surface area contributed by atoms with Crippen molar-refractivity contribution in [1.29, 1.82) is 0 Å². The minimum atomic E-state index is 0.139. The number of hydrogen-bond donors (Lipinski definition) is 1. The summed E-state index contributed by atoms with van der Waals surface area (Å²) in [4.78, 5) is 11.1. The van der Waals surface area contributed by atoms with Gasteiger partial charge < -0.3 is 5.32 Å². The van der Waals surface area contributed by atoms with Crippen LogP contribution in [-0.2, 0) is 4.79 Å². The van der Waals surface area contributed by atoms with E-state index in [2.05, 4.69) is 25.7 Å². The van der Waals surface area contributed by atoms with Gasteiger partial charge in [-0.3, -0.25) is 4.79 Å². The average molecular weight is 139 g/mol. The van der Waals surface area contributed by atoms with Crippen molar-refractivity contribution in [3.63, 3.8) is 0 Å². The highest BCUT2D eigenvalue weighted by molar-refractivity contribution is 5.83. The van der Waals surface area contributed by atoms with Crippen molar-refractivity contribution in [3.8, 4) is 0 Å². The maximum absolute atomic E-state index is 11.1. The SMILES string of the molecule is C=C1CC(C(C)C)C(=O)N1. The van der Waals surface area contributed by atoms with E-state index in [9.17, 15) is 4.79 Å². The van der Waals surface area contributed by atoms with Gasteiger partial charge in [-0.05, 0) is 12.3 Å². The molecule has 1 aliphatic heterocycles. The van der Waals surface area contributed by atoms with Crippen LogP contribution in [0, 0.1) is 11.8 Å². The van der Waals surface area contributed by atoms with E-state index in [1.165, 1.54) is 0 Å². The van der Waals surface area contributed by atoms with Crippen LogP contribution >= 0.6 is 0 Å². The predicted molar refractivity (Wildman–Crippen MR) is 40.2 cm³/mol. The van der Waals surface area contributed by atoms with Crippen LogP contribution in [0.2, 0.25) is 0 Å². The van der Waals surface area contributed by atoms with E-state index in [-0.39, 0.29) is 11.8 Å². The normalized spacial score (nSPS) is 25.7. The molecule has 1 saturated heterocycles. The Morgan fingerprint density at radius 2 is 2.30 bits per heavy atom. The van der Waals surface area contributed by atoms with Gasteiger partial charge in [0.2, 0.25) is 5.91 Å². The Hall–Kier alpha value is -0.790. The fraction of sp³-hybridized carbons (Fsp3) is 0.625. The van der Waals surface area contributed by atoms with E-state index in [1.807, 2.05) is 0 Å². The van der Waals surface area contributed by atoms with Gasteiger partial charge in [0.25, 0.3) is 0 Å². The molecule has 0 saturated carbocycles. The summed E-state index contributed by atoms with van der Waals surface area (Å²) in [5, 5.41) is 2.71. The molecular weight excluding hydrogens is 126 g/mol. The number of allylic oxidation sites excluding steroid dienone is 1. The van der Waals surface area contributed by atoms with Gasteiger partial charge >= 0.3 is 0 Å². The molecule has 2 heteroatoms. The summed E-state index contributed by atoms with van der Waals surface area (Å²) in [7, 11) is 0. The molecule has 1 fully saturated rings. The maximum Gasteiger partial charge on any atom is 0.227 e. The molecule has 1 rings (SSSR count). The van der Waals surface area contributed by atoms with Crippen LogP contribution in [0.3, 0.4) is 0 Å². The summed E-state index contributed by atoms with van der Waals surface area (Å²) >= 11 is 0. The van der Waals surface area contributed by atoms with Gasteiger partial charge in [0.05, 0.1) is 0 Å². The first-order valence-electron chi connectivity index (χ1n) is 3.60. The van der Waals surface area contributed by atoms with Gasteiger partial charge in [-0.1, -0.05) is 20.4 Å². The summed E-state index contributed by atoms with van der Waals surface area (Å²) in [5.74, 6) is 0.728. The van der Waals surface area contributed by atoms with Crippen LogP contribution in [0.4, 0.5) is 0 Å². The standard InChI is InChI=1S/C8H13NO/c1-5(2)7-4-6(3)9-8(7)10/h5,7H,3-4H2,1-2H3,(H,9,10). The molecule has 1 atom stereocenters. The number of amides is 1. The summed E-state index contributed by atoms with van der Waals surface area (Å²) in [5.41, 5.74) is 0.865. The van der Waals surface area contributed by atoms with Crippen molar-refractivity contribution in [3.05, 3.63) is 12.3 Å². The topological polar surface area (TPSA) is 29.1 Å². The molecule has 0 radical (unpaired) electrons. The molecule has 10 heavy (non-hydrogen) atoms. The van der Waals surface area contributed by atoms with E-state index in [4.69, 9.17) is 0 Å². The summed E-state index contributed by atoms with van der Waals surface area (Å²) in [6.45, 7) is 7.82. The quantitative estimate of drug-likeness (QED) is 0.582. The minimum Gasteiger partial charge on any atom is -0.330 e. The summed E-state index contributed by atoms with van der Waals surface area (Å²) in [6, 6.07) is 0. The van der Waals surface area contributed by atoms with Gasteiger partial charge in [-0.15, -0.1) is 0 Å². The fourth-order valence-corrected chi connectivity index (χ4v) is 1.21. The lowest BCUT2D eigenvalue weighted by molar-refractivity contribution is -0.123. The highest BCUT2D eigenvalue weighted by Crippen LogP contribution is 2.23. The number of rotatable bonds is 1. The molecule has 0 aromatic rings. The van der Waals surface area contributed by atoms with Crippen LogP contribution in [0.5, 0.6) is 0 Å². The average Bonchev–Trinajstić information content (AvgIpc) is 2.10. The molecule has 1 N–H and O–H groups in total. The van der Waals surface area contributed by atoms with Crippen molar-refractivity contribution in [2.24, 2.45) is 11.8 Å². The minimum absolute atomic E-state index is 0.139. The first-order valence-corrected chi connectivity index (χ1v) is 3.60. The van der Waals surface area contributed by atoms with Crippen LogP contribution in [-0.4, -0.2) is 5.91 Å². The monoisotopic (exact) mass is 139 g/mol. The van der Waals surface area contributed by atoms with Crippen LogP contribution < -0.4 is 5.32 Å². The zero-order valence-electron chi connectivity index (χ0n) is 6.48. The van der Waals surface area contributed by atoms with Crippen molar-refractivity contribution in [2.75, 3.05) is 0 Å². The summed E-state index contributed by atoms with van der Waals surface area (Å²) in [6.07, 6.45) is 0.816. The van der Waals surface area contributed by atoms with Gasteiger partial charge in [0, 0.05) is 11.6 Å². The Labute approximate surface area is 61.3 Å². The first-order chi connectivity index (χ1) is 4.61. The van der Waals surface area contributed by atoms with Crippen molar-refractivity contribution >= 4 is 5.91 Å². The maximum atomic E-state index is 11.1. The molecule has 1 aliphatic rings. The zero-order valence-corrected chi connectivity index (χ0v) is 6.48. The third-order valence-corrected chi connectivity index (χ3v) is 1.91. The van der Waals surface area contributed by atoms with Gasteiger partial charge in [0.15, 0.2) is 0 Å². The van der Waals surface area contributed by atoms with Gasteiger partial charge in [0.1, 0.15) is 0 Å². The molecule has 0 aromatic heterocycles. The van der Waals surface area contributed by atoms with E-state index < -0.39 is 0 Å². The lowest BCUT2D eigenvalue weighted by atomic mass is 9.94. The van der Waals surface area contributed by atoms with Crippen molar-refractivity contribution in [1.82, 2.24) is 5.32 Å². The highest BCUT2D eigenvalue weighted by atomic mass is 16.2. The Morgan fingerprint density at radius 3 is 2.50 bits per heavy atom.